The van der Waals surface area contributed by atoms with Gasteiger partial charge in [-0.1, -0.05) is 239 Å². The van der Waals surface area contributed by atoms with Crippen LogP contribution in [0.4, 0.5) is 0 Å². The van der Waals surface area contributed by atoms with Crippen molar-refractivity contribution >= 4 is 5.91 Å². The SMILES string of the molecule is CCCCCCCCCCCCCCCCCCCCCC(O)C(COC1OC(CO)C(OC2OC(CO)C(OC3OC(CO)C(O)C(O)C3O)C(O)C2O)C(O)C1O)NC(=O)CCCCCCCCCCCCCCCCCCC. The summed E-state index contributed by atoms with van der Waals surface area (Å²) in [7, 11) is 0. The van der Waals surface area contributed by atoms with Gasteiger partial charge in [0.2, 0.25) is 5.91 Å². The zero-order chi connectivity index (χ0) is 59.0. The van der Waals surface area contributed by atoms with E-state index in [1.807, 2.05) is 0 Å². The molecule has 3 rings (SSSR count). The highest BCUT2D eigenvalue weighted by Gasteiger charge is 2.53. The first-order valence-corrected chi connectivity index (χ1v) is 32.8. The quantitative estimate of drug-likeness (QED) is 0.0269. The second-order valence-corrected chi connectivity index (χ2v) is 23.9. The minimum absolute atomic E-state index is 0.237. The third-order valence-corrected chi connectivity index (χ3v) is 16.9. The number of unbranched alkanes of at least 4 members (excludes halogenated alkanes) is 34. The van der Waals surface area contributed by atoms with Gasteiger partial charge in [0.1, 0.15) is 73.2 Å². The van der Waals surface area contributed by atoms with Gasteiger partial charge >= 0.3 is 0 Å². The summed E-state index contributed by atoms with van der Waals surface area (Å²) < 4.78 is 34.4. The van der Waals surface area contributed by atoms with E-state index < -0.39 is 124 Å². The molecule has 0 aromatic heterocycles. The number of carbonyl (C=O) groups is 1. The second-order valence-electron chi connectivity index (χ2n) is 23.9. The fraction of sp³-hybridized carbons (Fsp3) is 0.984. The van der Waals surface area contributed by atoms with Crippen molar-refractivity contribution in [2.24, 2.45) is 0 Å². The van der Waals surface area contributed by atoms with Crippen LogP contribution in [0.15, 0.2) is 0 Å². The van der Waals surface area contributed by atoms with E-state index in [0.717, 1.165) is 44.9 Å². The summed E-state index contributed by atoms with van der Waals surface area (Å²) in [5.41, 5.74) is 0. The normalized spacial score (nSPS) is 29.7. The number of aliphatic hydroxyl groups excluding tert-OH is 11. The molecule has 19 heteroatoms. The summed E-state index contributed by atoms with van der Waals surface area (Å²) in [4.78, 5) is 13.4. The van der Waals surface area contributed by atoms with Crippen molar-refractivity contribution in [3.8, 4) is 0 Å². The first-order chi connectivity index (χ1) is 39.3. The third kappa shape index (κ3) is 29.4. The molecular formula is C62H119NO18. The number of ether oxygens (including phenoxy) is 6. The summed E-state index contributed by atoms with van der Waals surface area (Å²) in [6, 6.07) is -0.880. The van der Waals surface area contributed by atoms with Crippen molar-refractivity contribution < 1.29 is 89.4 Å². The fourth-order valence-corrected chi connectivity index (χ4v) is 11.6. The van der Waals surface area contributed by atoms with Crippen LogP contribution in [0.2, 0.25) is 0 Å². The van der Waals surface area contributed by atoms with E-state index in [2.05, 4.69) is 19.2 Å². The number of hydrogen-bond acceptors (Lipinski definition) is 18. The lowest BCUT2D eigenvalue weighted by molar-refractivity contribution is -0.379. The number of rotatable bonds is 50. The van der Waals surface area contributed by atoms with Crippen LogP contribution in [0, 0.1) is 0 Å². The Hall–Kier alpha value is -1.21. The molecule has 0 aromatic carbocycles. The predicted octanol–water partition coefficient (Wildman–Crippen LogP) is 7.16. The van der Waals surface area contributed by atoms with Gasteiger partial charge in [-0.25, -0.2) is 0 Å². The molecule has 3 aliphatic rings. The molecule has 17 unspecified atom stereocenters. The van der Waals surface area contributed by atoms with E-state index in [0.29, 0.717) is 12.8 Å². The van der Waals surface area contributed by atoms with Gasteiger partial charge < -0.3 is 89.9 Å². The Morgan fingerprint density at radius 2 is 0.704 bits per heavy atom. The molecule has 3 fully saturated rings. The van der Waals surface area contributed by atoms with E-state index in [-0.39, 0.29) is 18.9 Å². The molecule has 0 spiro atoms. The number of carbonyl (C=O) groups excluding carboxylic acids is 1. The molecule has 480 valence electrons. The van der Waals surface area contributed by atoms with Crippen molar-refractivity contribution in [2.75, 3.05) is 26.4 Å². The Bertz CT molecular complexity index is 1490. The van der Waals surface area contributed by atoms with Gasteiger partial charge in [-0.3, -0.25) is 4.79 Å². The van der Waals surface area contributed by atoms with Crippen LogP contribution in [-0.4, -0.2) is 193 Å². The molecule has 0 bridgehead atoms. The van der Waals surface area contributed by atoms with Crippen LogP contribution >= 0.6 is 0 Å². The molecule has 81 heavy (non-hydrogen) atoms. The highest BCUT2D eigenvalue weighted by Crippen LogP contribution is 2.33. The fourth-order valence-electron chi connectivity index (χ4n) is 11.6. The summed E-state index contributed by atoms with van der Waals surface area (Å²) in [5.74, 6) is -0.237. The molecule has 0 aromatic rings. The van der Waals surface area contributed by atoms with Crippen LogP contribution < -0.4 is 5.32 Å². The summed E-state index contributed by atoms with van der Waals surface area (Å²) >= 11 is 0. The first kappa shape index (κ1) is 74.0. The molecule has 1 amide bonds. The van der Waals surface area contributed by atoms with E-state index in [4.69, 9.17) is 28.4 Å². The highest BCUT2D eigenvalue weighted by molar-refractivity contribution is 5.76. The average Bonchev–Trinajstić information content (AvgIpc) is 3.46. The van der Waals surface area contributed by atoms with Crippen molar-refractivity contribution in [1.29, 1.82) is 0 Å². The van der Waals surface area contributed by atoms with Crippen LogP contribution in [0.5, 0.6) is 0 Å². The van der Waals surface area contributed by atoms with Crippen LogP contribution in [-0.2, 0) is 33.2 Å². The highest BCUT2D eigenvalue weighted by atomic mass is 16.8. The summed E-state index contributed by atoms with van der Waals surface area (Å²) in [5, 5.41) is 120. The monoisotopic (exact) mass is 1170 g/mol. The van der Waals surface area contributed by atoms with Gasteiger partial charge in [0.05, 0.1) is 38.6 Å². The van der Waals surface area contributed by atoms with Crippen LogP contribution in [0.25, 0.3) is 0 Å². The van der Waals surface area contributed by atoms with Crippen molar-refractivity contribution in [1.82, 2.24) is 5.32 Å². The smallest absolute Gasteiger partial charge is 0.220 e. The summed E-state index contributed by atoms with van der Waals surface area (Å²) in [6.07, 6.45) is 18.9. The molecule has 12 N–H and O–H groups in total. The Labute approximate surface area is 487 Å². The minimum atomic E-state index is -1.97. The molecule has 3 heterocycles. The molecule has 0 radical (unpaired) electrons. The maximum Gasteiger partial charge on any atom is 0.220 e. The van der Waals surface area contributed by atoms with Gasteiger partial charge in [0.15, 0.2) is 18.9 Å². The largest absolute Gasteiger partial charge is 0.394 e. The summed E-state index contributed by atoms with van der Waals surface area (Å²) in [6.45, 7) is 1.83. The molecule has 17 atom stereocenters. The number of aliphatic hydroxyl groups is 11. The lowest BCUT2D eigenvalue weighted by Crippen LogP contribution is -2.66. The number of amides is 1. The van der Waals surface area contributed by atoms with E-state index >= 15 is 0 Å². The topological polar surface area (TPSA) is 307 Å². The van der Waals surface area contributed by atoms with Gasteiger partial charge in [0.25, 0.3) is 0 Å². The molecule has 0 aliphatic carbocycles. The maximum absolute atomic E-state index is 13.4. The van der Waals surface area contributed by atoms with Crippen molar-refractivity contribution in [3.05, 3.63) is 0 Å². The van der Waals surface area contributed by atoms with Crippen LogP contribution in [0.3, 0.4) is 0 Å². The minimum Gasteiger partial charge on any atom is -0.394 e. The third-order valence-electron chi connectivity index (χ3n) is 16.9. The lowest BCUT2D eigenvalue weighted by Gasteiger charge is -2.48. The average molecular weight is 1170 g/mol. The maximum atomic E-state index is 13.4. The Morgan fingerprint density at radius 3 is 1.07 bits per heavy atom. The molecule has 19 nitrogen and oxygen atoms in total. The molecule has 3 saturated heterocycles. The molecule has 0 saturated carbocycles. The van der Waals surface area contributed by atoms with E-state index in [9.17, 15) is 61.0 Å². The van der Waals surface area contributed by atoms with Gasteiger partial charge in [0, 0.05) is 6.42 Å². The lowest BCUT2D eigenvalue weighted by atomic mass is 9.96. The van der Waals surface area contributed by atoms with Crippen molar-refractivity contribution in [2.45, 2.75) is 362 Å². The van der Waals surface area contributed by atoms with Gasteiger partial charge in [-0.05, 0) is 12.8 Å². The van der Waals surface area contributed by atoms with Gasteiger partial charge in [-0.15, -0.1) is 0 Å². The second kappa shape index (κ2) is 46.0. The Balaban J connectivity index is 1.46. The number of hydrogen-bond donors (Lipinski definition) is 12. The molecular weight excluding hydrogens is 1050 g/mol. The van der Waals surface area contributed by atoms with E-state index in [1.54, 1.807) is 0 Å². The molecule has 3 aliphatic heterocycles. The zero-order valence-corrected chi connectivity index (χ0v) is 50.3. The van der Waals surface area contributed by atoms with Crippen molar-refractivity contribution in [3.63, 3.8) is 0 Å². The van der Waals surface area contributed by atoms with E-state index in [1.165, 1.54) is 180 Å². The standard InChI is InChI=1S/C62H119NO18/c1-3-5-7-9-11-13-15-17-19-21-22-24-25-27-29-31-33-35-37-39-46(67)45(63-50(68)40-38-36-34-32-30-28-26-23-20-18-16-14-12-10-8-6-4-2)44-76-60-56(74)53(71)58(48(42-65)78-60)81-62-57(75)54(72)59(49(43-66)79-62)80-61-55(73)52(70)51(69)47(41-64)77-61/h45-49,51-62,64-67,69-75H,3-44H2,1-2H3,(H,63,68). The predicted molar refractivity (Wildman–Crippen MR) is 310 cm³/mol. The first-order valence-electron chi connectivity index (χ1n) is 32.8. The zero-order valence-electron chi connectivity index (χ0n) is 50.3. The number of nitrogens with one attached hydrogen (secondary N) is 1. The Morgan fingerprint density at radius 1 is 0.395 bits per heavy atom. The Kier molecular flexibility index (Phi) is 42.1. The van der Waals surface area contributed by atoms with Crippen LogP contribution in [0.1, 0.15) is 258 Å². The van der Waals surface area contributed by atoms with Gasteiger partial charge in [-0.2, -0.15) is 0 Å².